The number of thioether (sulfide) groups is 1. The first-order chi connectivity index (χ1) is 15.2. The van der Waals surface area contributed by atoms with E-state index in [1.807, 2.05) is 30.3 Å². The molecule has 1 aliphatic heterocycles. The Bertz CT molecular complexity index is 1060. The Balaban J connectivity index is 1.22. The summed E-state index contributed by atoms with van der Waals surface area (Å²) < 4.78 is 12.6. The van der Waals surface area contributed by atoms with Crippen LogP contribution >= 0.6 is 11.8 Å². The highest BCUT2D eigenvalue weighted by atomic mass is 32.2. The van der Waals surface area contributed by atoms with Crippen LogP contribution in [0.3, 0.4) is 0 Å². The van der Waals surface area contributed by atoms with Gasteiger partial charge in [-0.25, -0.2) is 9.48 Å². The maximum Gasteiger partial charge on any atom is 0.325 e. The molecule has 160 valence electrons. The van der Waals surface area contributed by atoms with Gasteiger partial charge in [0.05, 0.1) is 6.54 Å². The predicted octanol–water partition coefficient (Wildman–Crippen LogP) is 2.32. The lowest BCUT2D eigenvalue weighted by atomic mass is 10.2. The summed E-state index contributed by atoms with van der Waals surface area (Å²) in [6.07, 6.45) is 0.136. The zero-order valence-corrected chi connectivity index (χ0v) is 17.3. The third kappa shape index (κ3) is 5.72. The molecule has 0 unspecified atom stereocenters. The molecule has 10 nitrogen and oxygen atoms in total. The van der Waals surface area contributed by atoms with E-state index in [2.05, 4.69) is 26.2 Å². The summed E-state index contributed by atoms with van der Waals surface area (Å²) in [4.78, 5) is 24.2. The Kier molecular flexibility index (Phi) is 6.62. The van der Waals surface area contributed by atoms with Gasteiger partial charge in [0.1, 0.15) is 13.2 Å². The lowest BCUT2D eigenvalue weighted by Crippen LogP contribution is -2.34. The molecule has 0 bridgehead atoms. The summed E-state index contributed by atoms with van der Waals surface area (Å²) in [5, 5.41) is 17.2. The van der Waals surface area contributed by atoms with Gasteiger partial charge in [0.25, 0.3) is 0 Å². The summed E-state index contributed by atoms with van der Waals surface area (Å²) in [7, 11) is 0. The zero-order valence-electron chi connectivity index (χ0n) is 16.5. The Hall–Kier alpha value is -3.60. The number of rotatable bonds is 7. The number of benzene rings is 2. The first kappa shape index (κ1) is 20.7. The second-order valence-electron chi connectivity index (χ2n) is 6.56. The number of ether oxygens (including phenoxy) is 2. The molecule has 0 saturated heterocycles. The summed E-state index contributed by atoms with van der Waals surface area (Å²) >= 11 is 1.35. The molecule has 2 aromatic carbocycles. The molecule has 2 N–H and O–H groups in total. The normalized spacial score (nSPS) is 12.3. The van der Waals surface area contributed by atoms with E-state index in [1.54, 1.807) is 22.9 Å². The van der Waals surface area contributed by atoms with Crippen molar-refractivity contribution in [2.75, 3.05) is 24.3 Å². The molecule has 31 heavy (non-hydrogen) atoms. The highest BCUT2D eigenvalue weighted by molar-refractivity contribution is 7.99. The van der Waals surface area contributed by atoms with E-state index in [1.165, 1.54) is 11.8 Å². The van der Waals surface area contributed by atoms with Crippen molar-refractivity contribution in [2.24, 2.45) is 0 Å². The highest BCUT2D eigenvalue weighted by Crippen LogP contribution is 2.32. The van der Waals surface area contributed by atoms with E-state index in [0.29, 0.717) is 47.9 Å². The topological polar surface area (TPSA) is 120 Å². The molecule has 0 saturated carbocycles. The van der Waals surface area contributed by atoms with Crippen molar-refractivity contribution in [3.05, 3.63) is 54.1 Å². The minimum Gasteiger partial charge on any atom is -0.486 e. The summed E-state index contributed by atoms with van der Waals surface area (Å²) in [5.74, 6) is 1.21. The van der Waals surface area contributed by atoms with Crippen molar-refractivity contribution < 1.29 is 19.1 Å². The lowest BCUT2D eigenvalue weighted by molar-refractivity contribution is -0.119. The van der Waals surface area contributed by atoms with Gasteiger partial charge >= 0.3 is 6.03 Å². The van der Waals surface area contributed by atoms with Gasteiger partial charge in [-0.1, -0.05) is 42.1 Å². The molecular formula is C20H20N6O4S. The quantitative estimate of drug-likeness (QED) is 0.537. The van der Waals surface area contributed by atoms with Crippen molar-refractivity contribution in [2.45, 2.75) is 18.1 Å². The first-order valence-corrected chi connectivity index (χ1v) is 10.6. The van der Waals surface area contributed by atoms with Gasteiger partial charge in [-0.05, 0) is 28.1 Å². The number of nitrogens with one attached hydrogen (secondary N) is 2. The van der Waals surface area contributed by atoms with Crippen molar-refractivity contribution >= 4 is 29.4 Å². The number of urea groups is 1. The fourth-order valence-corrected chi connectivity index (χ4v) is 3.68. The van der Waals surface area contributed by atoms with E-state index >= 15 is 0 Å². The Morgan fingerprint density at radius 1 is 1.06 bits per heavy atom. The maximum atomic E-state index is 12.1. The average molecular weight is 440 g/mol. The molecule has 3 aromatic rings. The minimum atomic E-state index is -0.611. The van der Waals surface area contributed by atoms with Crippen molar-refractivity contribution in [1.29, 1.82) is 0 Å². The number of amides is 3. The second-order valence-corrected chi connectivity index (χ2v) is 7.63. The van der Waals surface area contributed by atoms with Crippen LogP contribution in [0.2, 0.25) is 0 Å². The Labute approximate surface area is 182 Å². The molecular weight excluding hydrogens is 420 g/mol. The zero-order chi connectivity index (χ0) is 21.5. The van der Waals surface area contributed by atoms with Crippen LogP contribution in [0.1, 0.15) is 12.0 Å². The molecule has 1 aromatic heterocycles. The average Bonchev–Trinajstić information content (AvgIpc) is 3.21. The minimum absolute atomic E-state index is 0.136. The fourth-order valence-electron chi connectivity index (χ4n) is 2.86. The van der Waals surface area contributed by atoms with Crippen molar-refractivity contribution in [3.63, 3.8) is 0 Å². The number of carbonyl (C=O) groups is 2. The van der Waals surface area contributed by atoms with Crippen molar-refractivity contribution in [3.8, 4) is 11.5 Å². The van der Waals surface area contributed by atoms with E-state index < -0.39 is 11.9 Å². The molecule has 3 amide bonds. The number of imide groups is 1. The molecule has 0 aliphatic carbocycles. The SMILES string of the molecule is O=C(CCSc1nnnn1Cc1ccccc1)NC(=O)Nc1ccc2c(c1)OCCO2. The lowest BCUT2D eigenvalue weighted by Gasteiger charge is -2.19. The number of anilines is 1. The van der Waals surface area contributed by atoms with Gasteiger partial charge in [0.2, 0.25) is 11.1 Å². The van der Waals surface area contributed by atoms with Gasteiger partial charge in [-0.2, -0.15) is 0 Å². The summed E-state index contributed by atoms with van der Waals surface area (Å²) in [5.41, 5.74) is 1.58. The highest BCUT2D eigenvalue weighted by Gasteiger charge is 2.14. The number of fused-ring (bicyclic) bond motifs is 1. The molecule has 0 spiro atoms. The fraction of sp³-hybridized carbons (Fsp3) is 0.250. The van der Waals surface area contributed by atoms with Crippen LogP contribution in [0.15, 0.2) is 53.7 Å². The smallest absolute Gasteiger partial charge is 0.325 e. The summed E-state index contributed by atoms with van der Waals surface area (Å²) in [6.45, 7) is 1.49. The Morgan fingerprint density at radius 3 is 2.71 bits per heavy atom. The standard InChI is InChI=1S/C20H20N6O4S/c27-18(22-19(28)21-15-6-7-16-17(12-15)30-10-9-29-16)8-11-31-20-23-24-25-26(20)13-14-4-2-1-3-5-14/h1-7,12H,8-11,13H2,(H2,21,22,27,28). The second kappa shape index (κ2) is 9.94. The molecule has 1 aliphatic rings. The maximum absolute atomic E-state index is 12.1. The van der Waals surface area contributed by atoms with E-state index in [0.717, 1.165) is 5.56 Å². The van der Waals surface area contributed by atoms with E-state index in [-0.39, 0.29) is 6.42 Å². The molecule has 0 fully saturated rings. The third-order valence-electron chi connectivity index (χ3n) is 4.29. The number of carbonyl (C=O) groups excluding carboxylic acids is 2. The van der Waals surface area contributed by atoms with Crippen LogP contribution in [0.5, 0.6) is 11.5 Å². The van der Waals surface area contributed by atoms with Gasteiger partial charge in [0, 0.05) is 23.9 Å². The van der Waals surface area contributed by atoms with Crippen LogP contribution in [0.4, 0.5) is 10.5 Å². The van der Waals surface area contributed by atoms with Crippen LogP contribution in [-0.2, 0) is 11.3 Å². The van der Waals surface area contributed by atoms with Gasteiger partial charge in [-0.3, -0.25) is 10.1 Å². The van der Waals surface area contributed by atoms with Crippen LogP contribution in [-0.4, -0.2) is 51.1 Å². The molecule has 0 radical (unpaired) electrons. The van der Waals surface area contributed by atoms with E-state index in [4.69, 9.17) is 9.47 Å². The molecule has 2 heterocycles. The number of hydrogen-bond acceptors (Lipinski definition) is 8. The van der Waals surface area contributed by atoms with Crippen LogP contribution in [0.25, 0.3) is 0 Å². The van der Waals surface area contributed by atoms with Gasteiger partial charge < -0.3 is 14.8 Å². The molecule has 0 atom stereocenters. The predicted molar refractivity (Wildman–Crippen MR) is 113 cm³/mol. The van der Waals surface area contributed by atoms with E-state index in [9.17, 15) is 9.59 Å². The monoisotopic (exact) mass is 440 g/mol. The third-order valence-corrected chi connectivity index (χ3v) is 5.25. The molecule has 11 heteroatoms. The van der Waals surface area contributed by atoms with Gasteiger partial charge in [-0.15, -0.1) is 5.10 Å². The number of hydrogen-bond donors (Lipinski definition) is 2. The summed E-state index contributed by atoms with van der Waals surface area (Å²) in [6, 6.07) is 14.3. The van der Waals surface area contributed by atoms with Crippen LogP contribution < -0.4 is 20.1 Å². The number of aromatic nitrogens is 4. The first-order valence-electron chi connectivity index (χ1n) is 9.61. The largest absolute Gasteiger partial charge is 0.486 e. The number of tetrazole rings is 1. The molecule has 4 rings (SSSR count). The van der Waals surface area contributed by atoms with Crippen LogP contribution in [0, 0.1) is 0 Å². The van der Waals surface area contributed by atoms with Crippen molar-refractivity contribution in [1.82, 2.24) is 25.5 Å². The van der Waals surface area contributed by atoms with Gasteiger partial charge in [0.15, 0.2) is 11.5 Å². The number of nitrogens with zero attached hydrogens (tertiary/aromatic N) is 4. The Morgan fingerprint density at radius 2 is 1.87 bits per heavy atom.